The summed E-state index contributed by atoms with van der Waals surface area (Å²) < 4.78 is 1.84. The molecule has 2 heterocycles. The fraction of sp³-hybridized carbons (Fsp3) is 0.111. The van der Waals surface area contributed by atoms with E-state index in [1.807, 2.05) is 30.1 Å². The number of carbonyl (C=O) groups is 1. The van der Waals surface area contributed by atoms with Crippen molar-refractivity contribution in [3.05, 3.63) is 30.5 Å². The molecule has 0 aliphatic rings. The first-order valence-corrected chi connectivity index (χ1v) is 4.07. The van der Waals surface area contributed by atoms with E-state index in [-0.39, 0.29) is 5.69 Å². The summed E-state index contributed by atoms with van der Waals surface area (Å²) in [6.07, 6.45) is 5.05. The minimum absolute atomic E-state index is 0.121. The molecule has 0 amide bonds. The first kappa shape index (κ1) is 8.55. The zero-order valence-corrected chi connectivity index (χ0v) is 7.56. The molecule has 2 rings (SSSR count). The lowest BCUT2D eigenvalue weighted by atomic mass is 10.2. The van der Waals surface area contributed by atoms with Crippen LogP contribution < -0.4 is 0 Å². The highest BCUT2D eigenvalue weighted by atomic mass is 16.4. The van der Waals surface area contributed by atoms with Crippen LogP contribution in [0.1, 0.15) is 10.5 Å². The third-order valence-electron chi connectivity index (χ3n) is 1.96. The van der Waals surface area contributed by atoms with E-state index >= 15 is 0 Å². The zero-order valence-electron chi connectivity index (χ0n) is 7.56. The number of aromatic nitrogens is 3. The Hall–Kier alpha value is -2.04. The normalized spacial score (nSPS) is 10.4. The standard InChI is InChI=1S/C9H9N3O2/c1-12-3-2-6(4-12)7-8(9(13)14)11-5-10-7/h2-5H,1H3,(H,10,11)(H,13,14). The van der Waals surface area contributed by atoms with E-state index in [0.717, 1.165) is 5.56 Å². The second-order valence-electron chi connectivity index (χ2n) is 3.00. The van der Waals surface area contributed by atoms with E-state index in [4.69, 9.17) is 5.11 Å². The van der Waals surface area contributed by atoms with Gasteiger partial charge in [0.05, 0.1) is 6.33 Å². The number of aromatic carboxylic acids is 1. The number of carboxylic acid groups (broad SMARTS) is 1. The van der Waals surface area contributed by atoms with E-state index in [2.05, 4.69) is 9.97 Å². The molecule has 2 aromatic heterocycles. The quantitative estimate of drug-likeness (QED) is 0.747. The summed E-state index contributed by atoms with van der Waals surface area (Å²) in [5.41, 5.74) is 1.39. The number of hydrogen-bond donors (Lipinski definition) is 2. The maximum atomic E-state index is 10.8. The molecule has 0 saturated carbocycles. The first-order chi connectivity index (χ1) is 6.68. The van der Waals surface area contributed by atoms with Crippen LogP contribution >= 0.6 is 0 Å². The van der Waals surface area contributed by atoms with E-state index in [9.17, 15) is 4.79 Å². The van der Waals surface area contributed by atoms with Crippen molar-refractivity contribution in [3.8, 4) is 11.3 Å². The van der Waals surface area contributed by atoms with Gasteiger partial charge >= 0.3 is 5.97 Å². The number of rotatable bonds is 2. The van der Waals surface area contributed by atoms with Gasteiger partial charge in [-0.2, -0.15) is 0 Å². The maximum Gasteiger partial charge on any atom is 0.354 e. The predicted molar refractivity (Wildman–Crippen MR) is 50.0 cm³/mol. The topological polar surface area (TPSA) is 70.9 Å². The second kappa shape index (κ2) is 3.02. The van der Waals surface area contributed by atoms with Crippen LogP contribution in [0.3, 0.4) is 0 Å². The number of hydrogen-bond acceptors (Lipinski definition) is 2. The summed E-state index contributed by atoms with van der Waals surface area (Å²) in [6, 6.07) is 1.82. The van der Waals surface area contributed by atoms with Crippen molar-refractivity contribution < 1.29 is 9.90 Å². The Kier molecular flexibility index (Phi) is 1.85. The molecule has 0 aliphatic heterocycles. The van der Waals surface area contributed by atoms with Crippen molar-refractivity contribution >= 4 is 5.97 Å². The Labute approximate surface area is 80.0 Å². The van der Waals surface area contributed by atoms with Crippen LogP contribution in [0.15, 0.2) is 24.8 Å². The van der Waals surface area contributed by atoms with Crippen molar-refractivity contribution in [2.24, 2.45) is 7.05 Å². The van der Waals surface area contributed by atoms with Crippen LogP contribution in [0.5, 0.6) is 0 Å². The second-order valence-corrected chi connectivity index (χ2v) is 3.00. The molecule has 0 aromatic carbocycles. The molecule has 0 aliphatic carbocycles. The molecule has 5 heteroatoms. The Morgan fingerprint density at radius 3 is 3.00 bits per heavy atom. The van der Waals surface area contributed by atoms with Gasteiger partial charge in [0, 0.05) is 25.0 Å². The smallest absolute Gasteiger partial charge is 0.354 e. The molecule has 0 fully saturated rings. The van der Waals surface area contributed by atoms with Crippen LogP contribution in [0.2, 0.25) is 0 Å². The Morgan fingerprint density at radius 1 is 1.64 bits per heavy atom. The molecule has 0 unspecified atom stereocenters. The fourth-order valence-electron chi connectivity index (χ4n) is 1.32. The van der Waals surface area contributed by atoms with Gasteiger partial charge in [-0.05, 0) is 6.07 Å². The van der Waals surface area contributed by atoms with E-state index in [0.29, 0.717) is 5.69 Å². The van der Waals surface area contributed by atoms with Crippen molar-refractivity contribution in [1.29, 1.82) is 0 Å². The molecule has 2 aromatic rings. The minimum Gasteiger partial charge on any atom is -0.477 e. The van der Waals surface area contributed by atoms with Gasteiger partial charge in [0.1, 0.15) is 5.69 Å². The largest absolute Gasteiger partial charge is 0.477 e. The molecule has 0 spiro atoms. The number of H-pyrrole nitrogens is 1. The summed E-state index contributed by atoms with van der Waals surface area (Å²) in [6.45, 7) is 0. The highest BCUT2D eigenvalue weighted by Gasteiger charge is 2.14. The molecule has 2 N–H and O–H groups in total. The number of carboxylic acids is 1. The highest BCUT2D eigenvalue weighted by Crippen LogP contribution is 2.19. The molecule has 0 radical (unpaired) electrons. The average molecular weight is 191 g/mol. The number of aromatic amines is 1. The number of aryl methyl sites for hydroxylation is 1. The molecule has 0 atom stereocenters. The van der Waals surface area contributed by atoms with E-state index in [1.54, 1.807) is 0 Å². The van der Waals surface area contributed by atoms with Crippen molar-refractivity contribution in [2.75, 3.05) is 0 Å². The van der Waals surface area contributed by atoms with Gasteiger partial charge in [-0.15, -0.1) is 0 Å². The summed E-state index contributed by atoms with van der Waals surface area (Å²) in [4.78, 5) is 17.3. The number of nitrogens with one attached hydrogen (secondary N) is 1. The zero-order chi connectivity index (χ0) is 10.1. The lowest BCUT2D eigenvalue weighted by Gasteiger charge is -1.93. The molecule has 5 nitrogen and oxygen atoms in total. The summed E-state index contributed by atoms with van der Waals surface area (Å²) in [7, 11) is 1.87. The SMILES string of the molecule is Cn1ccc(-c2nc[nH]c2C(=O)O)c1. The summed E-state index contributed by atoms with van der Waals surface area (Å²) >= 11 is 0. The number of imidazole rings is 1. The Bertz CT molecular complexity index is 470. The molecule has 72 valence electrons. The van der Waals surface area contributed by atoms with Crippen LogP contribution in [0.4, 0.5) is 0 Å². The van der Waals surface area contributed by atoms with Crippen molar-refractivity contribution in [1.82, 2.24) is 14.5 Å². The van der Waals surface area contributed by atoms with Crippen LogP contribution in [0.25, 0.3) is 11.3 Å². The van der Waals surface area contributed by atoms with E-state index < -0.39 is 5.97 Å². The Morgan fingerprint density at radius 2 is 2.43 bits per heavy atom. The van der Waals surface area contributed by atoms with E-state index in [1.165, 1.54) is 6.33 Å². The van der Waals surface area contributed by atoms with Crippen LogP contribution in [-0.4, -0.2) is 25.6 Å². The van der Waals surface area contributed by atoms with Gasteiger partial charge in [0.25, 0.3) is 0 Å². The van der Waals surface area contributed by atoms with Gasteiger partial charge in [-0.1, -0.05) is 0 Å². The Balaban J connectivity index is 2.51. The maximum absolute atomic E-state index is 10.8. The van der Waals surface area contributed by atoms with Crippen LogP contribution in [-0.2, 0) is 7.05 Å². The van der Waals surface area contributed by atoms with Gasteiger partial charge in [0.15, 0.2) is 5.69 Å². The van der Waals surface area contributed by atoms with Gasteiger partial charge < -0.3 is 14.7 Å². The molecule has 14 heavy (non-hydrogen) atoms. The third kappa shape index (κ3) is 1.28. The monoisotopic (exact) mass is 191 g/mol. The van der Waals surface area contributed by atoms with Gasteiger partial charge in [0.2, 0.25) is 0 Å². The van der Waals surface area contributed by atoms with Crippen molar-refractivity contribution in [3.63, 3.8) is 0 Å². The summed E-state index contributed by atoms with van der Waals surface area (Å²) in [5, 5.41) is 8.84. The van der Waals surface area contributed by atoms with Crippen LogP contribution in [0, 0.1) is 0 Å². The minimum atomic E-state index is -0.999. The molecular formula is C9H9N3O2. The van der Waals surface area contributed by atoms with Gasteiger partial charge in [-0.3, -0.25) is 0 Å². The van der Waals surface area contributed by atoms with Crippen molar-refractivity contribution in [2.45, 2.75) is 0 Å². The lowest BCUT2D eigenvalue weighted by Crippen LogP contribution is -1.98. The first-order valence-electron chi connectivity index (χ1n) is 4.07. The fourth-order valence-corrected chi connectivity index (χ4v) is 1.32. The third-order valence-corrected chi connectivity index (χ3v) is 1.96. The molecule has 0 saturated heterocycles. The molecular weight excluding hydrogens is 182 g/mol. The predicted octanol–water partition coefficient (Wildman–Crippen LogP) is 1.11. The molecule has 0 bridgehead atoms. The average Bonchev–Trinajstić information content (AvgIpc) is 2.70. The highest BCUT2D eigenvalue weighted by molar-refractivity contribution is 5.92. The van der Waals surface area contributed by atoms with Gasteiger partial charge in [-0.25, -0.2) is 9.78 Å². The number of nitrogens with zero attached hydrogens (tertiary/aromatic N) is 2. The lowest BCUT2D eigenvalue weighted by molar-refractivity contribution is 0.0692. The summed E-state index contributed by atoms with van der Waals surface area (Å²) in [5.74, 6) is -0.999.